The molecule has 7 aromatic rings. The minimum absolute atomic E-state index is 0.00126. The number of aromatic amines is 2. The fraction of sp³-hybridized carbons (Fsp3) is 0.308. The maximum atomic E-state index is 5.46. The second kappa shape index (κ2) is 12.0. The molecule has 0 aliphatic carbocycles. The Bertz CT molecular complexity index is 2740. The molecule has 4 heteroatoms. The third-order valence-corrected chi connectivity index (χ3v) is 12.0. The normalized spacial score (nSPS) is 13.4. The largest absolute Gasteiger partial charge is 0.354 e. The summed E-state index contributed by atoms with van der Waals surface area (Å²) in [5.41, 5.74) is 17.8. The Kier molecular flexibility index (Phi) is 7.76. The second-order valence-electron chi connectivity index (χ2n) is 20.3. The van der Waals surface area contributed by atoms with Gasteiger partial charge in [0.1, 0.15) is 0 Å². The average Bonchev–Trinajstić information content (AvgIpc) is 3.84. The van der Waals surface area contributed by atoms with Gasteiger partial charge in [-0.3, -0.25) is 0 Å². The number of hydrogen-bond donors (Lipinski definition) is 2. The summed E-state index contributed by atoms with van der Waals surface area (Å²) in [4.78, 5) is 18.7. The summed E-state index contributed by atoms with van der Waals surface area (Å²) >= 11 is 0. The lowest BCUT2D eigenvalue weighted by Gasteiger charge is -2.20. The summed E-state index contributed by atoms with van der Waals surface area (Å²) in [5, 5.41) is 4.73. The van der Waals surface area contributed by atoms with Gasteiger partial charge in [0, 0.05) is 65.9 Å². The molecule has 0 radical (unpaired) electrons. The van der Waals surface area contributed by atoms with Crippen LogP contribution in [-0.2, 0) is 21.7 Å². The average molecular weight is 735 g/mol. The van der Waals surface area contributed by atoms with Crippen molar-refractivity contribution in [3.05, 3.63) is 119 Å². The van der Waals surface area contributed by atoms with Gasteiger partial charge in [0.25, 0.3) is 0 Å². The molecule has 0 spiro atoms. The predicted molar refractivity (Wildman–Crippen MR) is 240 cm³/mol. The van der Waals surface area contributed by atoms with Crippen molar-refractivity contribution < 1.29 is 0 Å². The molecule has 2 aliphatic heterocycles. The van der Waals surface area contributed by atoms with Crippen molar-refractivity contribution in [3.63, 3.8) is 0 Å². The van der Waals surface area contributed by atoms with Gasteiger partial charge < -0.3 is 9.97 Å². The Hall–Kier alpha value is -5.48. The number of rotatable bonds is 0. The second-order valence-corrected chi connectivity index (χ2v) is 20.3. The highest BCUT2D eigenvalue weighted by atomic mass is 14.8. The predicted octanol–water partition coefficient (Wildman–Crippen LogP) is 14.5. The van der Waals surface area contributed by atoms with E-state index in [4.69, 9.17) is 9.97 Å². The highest BCUT2D eigenvalue weighted by molar-refractivity contribution is 6.10. The van der Waals surface area contributed by atoms with Crippen LogP contribution in [-0.4, -0.2) is 19.9 Å². The first-order valence-electron chi connectivity index (χ1n) is 20.2. The molecule has 0 amide bonds. The van der Waals surface area contributed by atoms with Crippen molar-refractivity contribution in [1.29, 1.82) is 0 Å². The van der Waals surface area contributed by atoms with Crippen molar-refractivity contribution in [3.8, 4) is 45.0 Å². The maximum Gasteiger partial charge on any atom is 0.0737 e. The van der Waals surface area contributed by atoms with E-state index in [0.717, 1.165) is 67.1 Å². The molecular formula is C52H54N4. The number of H-pyrrole nitrogens is 2. The molecule has 0 saturated heterocycles. The Morgan fingerprint density at radius 1 is 0.304 bits per heavy atom. The molecule has 5 heterocycles. The zero-order chi connectivity index (χ0) is 39.7. The fourth-order valence-corrected chi connectivity index (χ4v) is 8.33. The first kappa shape index (κ1) is 36.2. The molecule has 0 fully saturated rings. The van der Waals surface area contributed by atoms with E-state index < -0.39 is 0 Å². The van der Waals surface area contributed by atoms with Crippen LogP contribution in [0.4, 0.5) is 0 Å². The SMILES string of the molecule is CC(C)(C)c1ccc2c(c1)-c1cc3[nH]c(cc4nc(cc5[nH]c(cc-2n1)c1cc(C(C)(C)C)ccc51)-c1cc(C(C)(C)C)ccc1-4)c1cc(C(C)(C)C)ccc31. The van der Waals surface area contributed by atoms with E-state index in [2.05, 4.69) is 190 Å². The van der Waals surface area contributed by atoms with Gasteiger partial charge in [0.2, 0.25) is 0 Å². The number of nitrogens with zero attached hydrogens (tertiary/aromatic N) is 2. The quantitative estimate of drug-likeness (QED) is 0.163. The highest BCUT2D eigenvalue weighted by Crippen LogP contribution is 2.43. The van der Waals surface area contributed by atoms with Gasteiger partial charge in [0.15, 0.2) is 0 Å². The summed E-state index contributed by atoms with van der Waals surface area (Å²) < 4.78 is 0. The van der Waals surface area contributed by atoms with E-state index in [1.165, 1.54) is 43.8 Å². The first-order chi connectivity index (χ1) is 26.2. The summed E-state index contributed by atoms with van der Waals surface area (Å²) in [5.74, 6) is 0. The van der Waals surface area contributed by atoms with Crippen LogP contribution in [0.25, 0.3) is 88.6 Å². The van der Waals surface area contributed by atoms with Crippen LogP contribution in [0.2, 0.25) is 0 Å². The zero-order valence-electron chi connectivity index (χ0n) is 35.1. The zero-order valence-corrected chi connectivity index (χ0v) is 35.1. The molecule has 8 bridgehead atoms. The van der Waals surface area contributed by atoms with E-state index in [0.29, 0.717) is 0 Å². The maximum absolute atomic E-state index is 5.46. The van der Waals surface area contributed by atoms with Crippen LogP contribution in [0.3, 0.4) is 0 Å². The van der Waals surface area contributed by atoms with Crippen LogP contribution in [0.1, 0.15) is 105 Å². The number of fused-ring (bicyclic) bond motifs is 20. The summed E-state index contributed by atoms with van der Waals surface area (Å²) in [6.07, 6.45) is 0. The third kappa shape index (κ3) is 6.05. The van der Waals surface area contributed by atoms with Crippen molar-refractivity contribution in [2.24, 2.45) is 0 Å². The molecule has 2 N–H and O–H groups in total. The topological polar surface area (TPSA) is 57.4 Å². The van der Waals surface area contributed by atoms with Crippen molar-refractivity contribution in [1.82, 2.24) is 19.9 Å². The van der Waals surface area contributed by atoms with Crippen LogP contribution in [0, 0.1) is 0 Å². The molecule has 282 valence electrons. The van der Waals surface area contributed by atoms with Gasteiger partial charge in [-0.1, -0.05) is 132 Å². The first-order valence-corrected chi connectivity index (χ1v) is 20.2. The molecule has 0 atom stereocenters. The van der Waals surface area contributed by atoms with Crippen LogP contribution in [0.15, 0.2) is 97.1 Å². The number of aromatic nitrogens is 4. The lowest BCUT2D eigenvalue weighted by Crippen LogP contribution is -2.10. The van der Waals surface area contributed by atoms with E-state index in [1.54, 1.807) is 0 Å². The van der Waals surface area contributed by atoms with Gasteiger partial charge in [-0.2, -0.15) is 0 Å². The van der Waals surface area contributed by atoms with Crippen molar-refractivity contribution in [2.75, 3.05) is 0 Å². The lowest BCUT2D eigenvalue weighted by molar-refractivity contribution is 0.590. The van der Waals surface area contributed by atoms with Gasteiger partial charge in [-0.15, -0.1) is 0 Å². The molecule has 56 heavy (non-hydrogen) atoms. The standard InChI is InChI=1S/C52H54N4/c1-49(2,3)29-13-17-33-37(21-29)45-25-42-34-18-14-30(50(4,5)6)22-38(34)47(54-42)27-44-36-20-16-32(52(10,11)12)24-40(36)48(56-44)28-43-35-19-15-31(51(7,8)9)23-39(35)46(55-43)26-41(33)53-45/h13-28,53,56H,1-12H3. The molecule has 4 nitrogen and oxygen atoms in total. The van der Waals surface area contributed by atoms with Crippen molar-refractivity contribution in [2.45, 2.75) is 105 Å². The Labute approximate surface area is 331 Å². The van der Waals surface area contributed by atoms with Crippen LogP contribution < -0.4 is 0 Å². The van der Waals surface area contributed by atoms with Crippen molar-refractivity contribution >= 4 is 43.6 Å². The molecule has 4 aromatic carbocycles. The van der Waals surface area contributed by atoms with Gasteiger partial charge >= 0.3 is 0 Å². The molecule has 9 rings (SSSR count). The smallest absolute Gasteiger partial charge is 0.0737 e. The minimum Gasteiger partial charge on any atom is -0.354 e. The molecular weight excluding hydrogens is 681 g/mol. The van der Waals surface area contributed by atoms with Gasteiger partial charge in [-0.05, 0) is 92.4 Å². The van der Waals surface area contributed by atoms with E-state index in [-0.39, 0.29) is 21.7 Å². The molecule has 0 saturated carbocycles. The number of benzene rings is 4. The molecule has 3 aromatic heterocycles. The van der Waals surface area contributed by atoms with E-state index >= 15 is 0 Å². The summed E-state index contributed by atoms with van der Waals surface area (Å²) in [6.45, 7) is 27.4. The minimum atomic E-state index is -0.00212. The summed E-state index contributed by atoms with van der Waals surface area (Å²) in [6, 6.07) is 36.7. The Balaban J connectivity index is 1.47. The van der Waals surface area contributed by atoms with Gasteiger partial charge in [-0.25, -0.2) is 9.97 Å². The Morgan fingerprint density at radius 3 is 0.929 bits per heavy atom. The molecule has 0 unspecified atom stereocenters. The Morgan fingerprint density at radius 2 is 0.589 bits per heavy atom. The van der Waals surface area contributed by atoms with E-state index in [1.807, 2.05) is 0 Å². The van der Waals surface area contributed by atoms with Gasteiger partial charge in [0.05, 0.1) is 22.8 Å². The lowest BCUT2D eigenvalue weighted by atomic mass is 9.84. The third-order valence-electron chi connectivity index (χ3n) is 12.0. The molecule has 2 aliphatic rings. The van der Waals surface area contributed by atoms with Crippen LogP contribution in [0.5, 0.6) is 0 Å². The monoisotopic (exact) mass is 734 g/mol. The highest BCUT2D eigenvalue weighted by Gasteiger charge is 2.25. The van der Waals surface area contributed by atoms with E-state index in [9.17, 15) is 0 Å². The number of nitrogens with one attached hydrogen (secondary N) is 2. The fourth-order valence-electron chi connectivity index (χ4n) is 8.33. The number of hydrogen-bond acceptors (Lipinski definition) is 2. The van der Waals surface area contributed by atoms with Crippen LogP contribution >= 0.6 is 0 Å². The summed E-state index contributed by atoms with van der Waals surface area (Å²) in [7, 11) is 0.